The van der Waals surface area contributed by atoms with Gasteiger partial charge in [-0.05, 0) is 24.3 Å². The number of carbonyl (C=O) groups excluding carboxylic acids is 1. The molecule has 0 saturated heterocycles. The minimum atomic E-state index is -1.03. The van der Waals surface area contributed by atoms with Crippen LogP contribution in [-0.4, -0.2) is 15.9 Å². The minimum Gasteiger partial charge on any atom is -0.456 e. The summed E-state index contributed by atoms with van der Waals surface area (Å²) in [5, 5.41) is 2.49. The van der Waals surface area contributed by atoms with Gasteiger partial charge < -0.3 is 10.1 Å². The molecule has 120 valence electrons. The maximum Gasteiger partial charge on any atom is 0.277 e. The summed E-state index contributed by atoms with van der Waals surface area (Å²) in [5.74, 6) is -1.67. The number of halogens is 2. The van der Waals surface area contributed by atoms with E-state index < -0.39 is 23.2 Å². The second-order valence-electron chi connectivity index (χ2n) is 4.76. The van der Waals surface area contributed by atoms with E-state index in [-0.39, 0.29) is 0 Å². The number of nitrogens with zero attached hydrogens (tertiary/aromatic N) is 2. The van der Waals surface area contributed by atoms with E-state index in [0.717, 1.165) is 6.20 Å². The van der Waals surface area contributed by atoms with Crippen LogP contribution in [0.4, 0.5) is 14.5 Å². The standard InChI is InChI=1S/C17H11F2N3O2/c18-11-7-15(19)16(21-9-11)17(23)22-12-3-1-4-13(8-12)24-14-5-2-6-20-10-14/h1-10H,(H,22,23). The van der Waals surface area contributed by atoms with Crippen molar-refractivity contribution in [3.05, 3.63) is 78.4 Å². The lowest BCUT2D eigenvalue weighted by atomic mass is 10.2. The van der Waals surface area contributed by atoms with E-state index in [1.54, 1.807) is 48.8 Å². The van der Waals surface area contributed by atoms with Gasteiger partial charge in [-0.15, -0.1) is 0 Å². The Morgan fingerprint density at radius 3 is 2.62 bits per heavy atom. The molecular weight excluding hydrogens is 316 g/mol. The van der Waals surface area contributed by atoms with E-state index >= 15 is 0 Å². The number of pyridine rings is 2. The van der Waals surface area contributed by atoms with Crippen LogP contribution in [0.5, 0.6) is 11.5 Å². The second kappa shape index (κ2) is 6.82. The summed E-state index contributed by atoms with van der Waals surface area (Å²) in [4.78, 5) is 19.4. The molecule has 0 aliphatic carbocycles. The fourth-order valence-corrected chi connectivity index (χ4v) is 1.95. The van der Waals surface area contributed by atoms with Gasteiger partial charge in [0, 0.05) is 24.0 Å². The highest BCUT2D eigenvalue weighted by Gasteiger charge is 2.14. The van der Waals surface area contributed by atoms with Gasteiger partial charge in [0.05, 0.1) is 12.4 Å². The van der Waals surface area contributed by atoms with Crippen LogP contribution in [0.1, 0.15) is 10.5 Å². The van der Waals surface area contributed by atoms with Crippen molar-refractivity contribution in [3.8, 4) is 11.5 Å². The van der Waals surface area contributed by atoms with Crippen LogP contribution in [0, 0.1) is 11.6 Å². The molecule has 0 spiro atoms. The Hall–Kier alpha value is -3.35. The Bertz CT molecular complexity index is 873. The number of benzene rings is 1. The topological polar surface area (TPSA) is 64.1 Å². The summed E-state index contributed by atoms with van der Waals surface area (Å²) in [6, 6.07) is 10.6. The molecule has 24 heavy (non-hydrogen) atoms. The van der Waals surface area contributed by atoms with Crippen LogP contribution < -0.4 is 10.1 Å². The van der Waals surface area contributed by atoms with Gasteiger partial charge in [0.2, 0.25) is 0 Å². The van der Waals surface area contributed by atoms with Gasteiger partial charge in [-0.3, -0.25) is 9.78 Å². The zero-order chi connectivity index (χ0) is 16.9. The fraction of sp³-hybridized carbons (Fsp3) is 0. The molecule has 1 aromatic carbocycles. The number of nitrogens with one attached hydrogen (secondary N) is 1. The van der Waals surface area contributed by atoms with E-state index in [2.05, 4.69) is 15.3 Å². The van der Waals surface area contributed by atoms with Gasteiger partial charge in [0.25, 0.3) is 5.91 Å². The number of anilines is 1. The lowest BCUT2D eigenvalue weighted by Gasteiger charge is -2.09. The maximum atomic E-state index is 13.6. The highest BCUT2D eigenvalue weighted by molar-refractivity contribution is 6.03. The molecule has 2 heterocycles. The Morgan fingerprint density at radius 2 is 1.88 bits per heavy atom. The lowest BCUT2D eigenvalue weighted by molar-refractivity contribution is 0.101. The summed E-state index contributed by atoms with van der Waals surface area (Å²) < 4.78 is 32.0. The lowest BCUT2D eigenvalue weighted by Crippen LogP contribution is -2.15. The van der Waals surface area contributed by atoms with Crippen molar-refractivity contribution in [3.63, 3.8) is 0 Å². The van der Waals surface area contributed by atoms with E-state index in [1.807, 2.05) is 0 Å². The first kappa shape index (κ1) is 15.5. The molecule has 0 saturated carbocycles. The average Bonchev–Trinajstić information content (AvgIpc) is 2.56. The first-order chi connectivity index (χ1) is 11.6. The van der Waals surface area contributed by atoms with Crippen molar-refractivity contribution in [2.75, 3.05) is 5.32 Å². The number of hydrogen-bond donors (Lipinski definition) is 1. The molecule has 3 aromatic rings. The van der Waals surface area contributed by atoms with Crippen LogP contribution in [-0.2, 0) is 0 Å². The van der Waals surface area contributed by atoms with Gasteiger partial charge in [0.1, 0.15) is 17.3 Å². The van der Waals surface area contributed by atoms with Crippen LogP contribution in [0.25, 0.3) is 0 Å². The van der Waals surface area contributed by atoms with Crippen molar-refractivity contribution in [1.82, 2.24) is 9.97 Å². The molecule has 0 radical (unpaired) electrons. The summed E-state index contributed by atoms with van der Waals surface area (Å²) in [6.45, 7) is 0. The third-order valence-corrected chi connectivity index (χ3v) is 2.98. The van der Waals surface area contributed by atoms with Crippen LogP contribution in [0.3, 0.4) is 0 Å². The zero-order valence-corrected chi connectivity index (χ0v) is 12.2. The third-order valence-electron chi connectivity index (χ3n) is 2.98. The van der Waals surface area contributed by atoms with Crippen molar-refractivity contribution < 1.29 is 18.3 Å². The number of rotatable bonds is 4. The highest BCUT2D eigenvalue weighted by Crippen LogP contribution is 2.23. The Morgan fingerprint density at radius 1 is 1.04 bits per heavy atom. The van der Waals surface area contributed by atoms with Gasteiger partial charge >= 0.3 is 0 Å². The van der Waals surface area contributed by atoms with E-state index in [0.29, 0.717) is 23.3 Å². The first-order valence-electron chi connectivity index (χ1n) is 6.92. The Balaban J connectivity index is 1.75. The van der Waals surface area contributed by atoms with Crippen molar-refractivity contribution in [1.29, 1.82) is 0 Å². The number of amides is 1. The molecule has 0 aliphatic rings. The molecule has 7 heteroatoms. The SMILES string of the molecule is O=C(Nc1cccc(Oc2cccnc2)c1)c1ncc(F)cc1F. The fourth-order valence-electron chi connectivity index (χ4n) is 1.95. The number of carbonyl (C=O) groups is 1. The van der Waals surface area contributed by atoms with Gasteiger partial charge in [-0.25, -0.2) is 13.8 Å². The van der Waals surface area contributed by atoms with Crippen LogP contribution >= 0.6 is 0 Å². The van der Waals surface area contributed by atoms with Gasteiger partial charge in [0.15, 0.2) is 11.5 Å². The van der Waals surface area contributed by atoms with Gasteiger partial charge in [-0.1, -0.05) is 6.07 Å². The molecule has 0 fully saturated rings. The Kier molecular flexibility index (Phi) is 4.42. The molecule has 5 nitrogen and oxygen atoms in total. The van der Waals surface area contributed by atoms with Crippen LogP contribution in [0.15, 0.2) is 61.1 Å². The van der Waals surface area contributed by atoms with E-state index in [9.17, 15) is 13.6 Å². The Labute approximate surface area is 136 Å². The normalized spacial score (nSPS) is 10.2. The molecule has 2 aromatic heterocycles. The second-order valence-corrected chi connectivity index (χ2v) is 4.76. The highest BCUT2D eigenvalue weighted by atomic mass is 19.1. The monoisotopic (exact) mass is 327 g/mol. The van der Waals surface area contributed by atoms with E-state index in [4.69, 9.17) is 4.74 Å². The minimum absolute atomic E-state index is 0.381. The molecule has 1 amide bonds. The number of aromatic nitrogens is 2. The molecule has 0 bridgehead atoms. The molecule has 1 N–H and O–H groups in total. The quantitative estimate of drug-likeness (QED) is 0.791. The molecular formula is C17H11F2N3O2. The number of hydrogen-bond acceptors (Lipinski definition) is 4. The summed E-state index contributed by atoms with van der Waals surface area (Å²) in [5.41, 5.74) is -0.109. The van der Waals surface area contributed by atoms with Crippen molar-refractivity contribution in [2.24, 2.45) is 0 Å². The molecule has 0 unspecified atom stereocenters. The molecule has 0 atom stereocenters. The zero-order valence-electron chi connectivity index (χ0n) is 12.2. The maximum absolute atomic E-state index is 13.6. The predicted molar refractivity (Wildman–Crippen MR) is 82.9 cm³/mol. The van der Waals surface area contributed by atoms with Crippen molar-refractivity contribution in [2.45, 2.75) is 0 Å². The summed E-state index contributed by atoms with van der Waals surface area (Å²) >= 11 is 0. The third kappa shape index (κ3) is 3.70. The summed E-state index contributed by atoms with van der Waals surface area (Å²) in [7, 11) is 0. The number of ether oxygens (including phenoxy) is 1. The smallest absolute Gasteiger partial charge is 0.277 e. The summed E-state index contributed by atoms with van der Waals surface area (Å²) in [6.07, 6.45) is 3.94. The van der Waals surface area contributed by atoms with Gasteiger partial charge in [-0.2, -0.15) is 0 Å². The largest absolute Gasteiger partial charge is 0.456 e. The molecule has 3 rings (SSSR count). The molecule has 0 aliphatic heterocycles. The van der Waals surface area contributed by atoms with E-state index in [1.165, 1.54) is 0 Å². The first-order valence-corrected chi connectivity index (χ1v) is 6.92. The average molecular weight is 327 g/mol. The van der Waals surface area contributed by atoms with Crippen molar-refractivity contribution >= 4 is 11.6 Å². The predicted octanol–water partition coefficient (Wildman–Crippen LogP) is 3.80. The van der Waals surface area contributed by atoms with Crippen LogP contribution in [0.2, 0.25) is 0 Å².